The normalized spacial score (nSPS) is 22.2. The quantitative estimate of drug-likeness (QED) is 0.549. The first-order valence-corrected chi connectivity index (χ1v) is 3.67. The molecule has 1 atom stereocenters. The Hall–Kier alpha value is -0.120. The summed E-state index contributed by atoms with van der Waals surface area (Å²) in [5.41, 5.74) is 0. The van der Waals surface area contributed by atoms with Gasteiger partial charge in [0.2, 0.25) is 0 Å². The molecule has 0 unspecified atom stereocenters. The summed E-state index contributed by atoms with van der Waals surface area (Å²) in [6.07, 6.45) is 0.181. The monoisotopic (exact) mass is 146 g/mol. The molecule has 0 aromatic carbocycles. The number of ether oxygens (including phenoxy) is 3. The SMILES string of the molecule is CCO[C@H](C)OC1COC1. The van der Waals surface area contributed by atoms with Crippen LogP contribution in [0, 0.1) is 0 Å². The molecule has 0 radical (unpaired) electrons. The molecule has 0 bridgehead atoms. The summed E-state index contributed by atoms with van der Waals surface area (Å²) in [6.45, 7) is 6.00. The third-order valence-electron chi connectivity index (χ3n) is 1.39. The first-order valence-electron chi connectivity index (χ1n) is 3.67. The van der Waals surface area contributed by atoms with E-state index >= 15 is 0 Å². The molecule has 1 aliphatic rings. The van der Waals surface area contributed by atoms with Gasteiger partial charge in [-0.15, -0.1) is 0 Å². The van der Waals surface area contributed by atoms with Crippen LogP contribution in [0.1, 0.15) is 13.8 Å². The van der Waals surface area contributed by atoms with Crippen LogP contribution in [0.15, 0.2) is 0 Å². The van der Waals surface area contributed by atoms with Crippen molar-refractivity contribution in [1.29, 1.82) is 0 Å². The third-order valence-corrected chi connectivity index (χ3v) is 1.39. The van der Waals surface area contributed by atoms with Crippen molar-refractivity contribution in [1.82, 2.24) is 0 Å². The minimum Gasteiger partial charge on any atom is -0.376 e. The Morgan fingerprint density at radius 3 is 2.70 bits per heavy atom. The zero-order valence-electron chi connectivity index (χ0n) is 6.50. The molecule has 0 N–H and O–H groups in total. The van der Waals surface area contributed by atoms with Gasteiger partial charge in [0.25, 0.3) is 0 Å². The molecule has 0 saturated carbocycles. The summed E-state index contributed by atoms with van der Waals surface area (Å²) in [6, 6.07) is 0. The molecule has 3 nitrogen and oxygen atoms in total. The highest BCUT2D eigenvalue weighted by molar-refractivity contribution is 4.64. The van der Waals surface area contributed by atoms with Gasteiger partial charge < -0.3 is 14.2 Å². The lowest BCUT2D eigenvalue weighted by Gasteiger charge is -2.28. The molecule has 3 heteroatoms. The molecule has 1 heterocycles. The average Bonchev–Trinajstić information content (AvgIpc) is 1.80. The molecule has 0 spiro atoms. The van der Waals surface area contributed by atoms with Crippen molar-refractivity contribution in [2.75, 3.05) is 19.8 Å². The van der Waals surface area contributed by atoms with E-state index in [0.717, 1.165) is 13.2 Å². The zero-order chi connectivity index (χ0) is 7.40. The highest BCUT2D eigenvalue weighted by Gasteiger charge is 2.21. The van der Waals surface area contributed by atoms with Crippen LogP contribution in [0.3, 0.4) is 0 Å². The number of hydrogen-bond donors (Lipinski definition) is 0. The van der Waals surface area contributed by atoms with E-state index in [-0.39, 0.29) is 12.4 Å². The maximum Gasteiger partial charge on any atom is 0.155 e. The second-order valence-electron chi connectivity index (χ2n) is 2.32. The molecule has 0 amide bonds. The lowest BCUT2D eigenvalue weighted by atomic mass is 10.3. The Balaban J connectivity index is 1.99. The van der Waals surface area contributed by atoms with Crippen molar-refractivity contribution in [3.8, 4) is 0 Å². The average molecular weight is 146 g/mol. The summed E-state index contributed by atoms with van der Waals surface area (Å²) in [4.78, 5) is 0. The van der Waals surface area contributed by atoms with E-state index in [1.807, 2.05) is 13.8 Å². The molecule has 60 valence electrons. The van der Waals surface area contributed by atoms with Crippen molar-refractivity contribution >= 4 is 0 Å². The maximum absolute atomic E-state index is 5.38. The van der Waals surface area contributed by atoms with Crippen molar-refractivity contribution in [3.63, 3.8) is 0 Å². The van der Waals surface area contributed by atoms with Gasteiger partial charge in [-0.25, -0.2) is 0 Å². The van der Waals surface area contributed by atoms with Gasteiger partial charge in [0.1, 0.15) is 6.10 Å². The Morgan fingerprint density at radius 1 is 1.60 bits per heavy atom. The molecule has 1 saturated heterocycles. The van der Waals surface area contributed by atoms with Crippen LogP contribution < -0.4 is 0 Å². The van der Waals surface area contributed by atoms with Gasteiger partial charge in [-0.3, -0.25) is 0 Å². The van der Waals surface area contributed by atoms with Gasteiger partial charge in [-0.1, -0.05) is 0 Å². The van der Waals surface area contributed by atoms with Crippen LogP contribution in [0.25, 0.3) is 0 Å². The predicted molar refractivity (Wildman–Crippen MR) is 36.8 cm³/mol. The largest absolute Gasteiger partial charge is 0.376 e. The Labute approximate surface area is 61.3 Å². The standard InChI is InChI=1S/C7H14O3/c1-3-9-6(2)10-7-4-8-5-7/h6-7H,3-5H2,1-2H3/t6-/m0/s1. The molecular weight excluding hydrogens is 132 g/mol. The molecule has 0 aliphatic carbocycles. The predicted octanol–water partition coefficient (Wildman–Crippen LogP) is 0.784. The van der Waals surface area contributed by atoms with Crippen molar-refractivity contribution in [3.05, 3.63) is 0 Å². The minimum absolute atomic E-state index is 0.0844. The highest BCUT2D eigenvalue weighted by Crippen LogP contribution is 2.08. The van der Waals surface area contributed by atoms with Crippen LogP contribution in [0.4, 0.5) is 0 Å². The number of rotatable bonds is 4. The fourth-order valence-corrected chi connectivity index (χ4v) is 0.838. The van der Waals surface area contributed by atoms with E-state index in [4.69, 9.17) is 14.2 Å². The first kappa shape index (κ1) is 7.98. The van der Waals surface area contributed by atoms with Crippen molar-refractivity contribution < 1.29 is 14.2 Å². The molecule has 0 aromatic heterocycles. The molecule has 1 rings (SSSR count). The van der Waals surface area contributed by atoms with Gasteiger partial charge in [-0.2, -0.15) is 0 Å². The second kappa shape index (κ2) is 3.91. The van der Waals surface area contributed by atoms with Crippen LogP contribution in [0.2, 0.25) is 0 Å². The molecule has 1 aliphatic heterocycles. The fourth-order valence-electron chi connectivity index (χ4n) is 0.838. The van der Waals surface area contributed by atoms with E-state index in [1.54, 1.807) is 0 Å². The Bertz CT molecular complexity index is 90.9. The molecular formula is C7H14O3. The van der Waals surface area contributed by atoms with Gasteiger partial charge >= 0.3 is 0 Å². The highest BCUT2D eigenvalue weighted by atomic mass is 16.7. The smallest absolute Gasteiger partial charge is 0.155 e. The molecule has 1 fully saturated rings. The van der Waals surface area contributed by atoms with Crippen molar-refractivity contribution in [2.24, 2.45) is 0 Å². The van der Waals surface area contributed by atoms with E-state index in [2.05, 4.69) is 0 Å². The van der Waals surface area contributed by atoms with E-state index in [9.17, 15) is 0 Å². The topological polar surface area (TPSA) is 27.7 Å². The Kier molecular flexibility index (Phi) is 3.12. The third kappa shape index (κ3) is 2.25. The minimum atomic E-state index is -0.0844. The van der Waals surface area contributed by atoms with Gasteiger partial charge in [-0.05, 0) is 13.8 Å². The van der Waals surface area contributed by atoms with Gasteiger partial charge in [0.15, 0.2) is 6.29 Å². The molecule has 10 heavy (non-hydrogen) atoms. The van der Waals surface area contributed by atoms with Crippen LogP contribution in [-0.2, 0) is 14.2 Å². The number of hydrogen-bond acceptors (Lipinski definition) is 3. The summed E-state index contributed by atoms with van der Waals surface area (Å²) in [5, 5.41) is 0. The summed E-state index contributed by atoms with van der Waals surface area (Å²) in [5.74, 6) is 0. The van der Waals surface area contributed by atoms with E-state index < -0.39 is 0 Å². The second-order valence-corrected chi connectivity index (χ2v) is 2.32. The van der Waals surface area contributed by atoms with E-state index in [1.165, 1.54) is 0 Å². The van der Waals surface area contributed by atoms with Crippen LogP contribution in [0.5, 0.6) is 0 Å². The van der Waals surface area contributed by atoms with Gasteiger partial charge in [0, 0.05) is 6.61 Å². The first-order chi connectivity index (χ1) is 4.83. The van der Waals surface area contributed by atoms with Crippen LogP contribution >= 0.6 is 0 Å². The van der Waals surface area contributed by atoms with Crippen molar-refractivity contribution in [2.45, 2.75) is 26.2 Å². The lowest BCUT2D eigenvalue weighted by Crippen LogP contribution is -2.39. The Morgan fingerprint density at radius 2 is 2.30 bits per heavy atom. The van der Waals surface area contributed by atoms with Crippen LogP contribution in [-0.4, -0.2) is 32.2 Å². The summed E-state index contributed by atoms with van der Waals surface area (Å²) < 4.78 is 15.5. The lowest BCUT2D eigenvalue weighted by molar-refractivity contribution is -0.220. The maximum atomic E-state index is 5.38. The summed E-state index contributed by atoms with van der Waals surface area (Å²) >= 11 is 0. The van der Waals surface area contributed by atoms with Gasteiger partial charge in [0.05, 0.1) is 13.2 Å². The van der Waals surface area contributed by atoms with E-state index in [0.29, 0.717) is 6.61 Å². The fraction of sp³-hybridized carbons (Fsp3) is 1.00. The zero-order valence-corrected chi connectivity index (χ0v) is 6.50. The molecule has 0 aromatic rings. The summed E-state index contributed by atoms with van der Waals surface area (Å²) in [7, 11) is 0.